The van der Waals surface area contributed by atoms with Crippen molar-refractivity contribution in [3.63, 3.8) is 0 Å². The summed E-state index contributed by atoms with van der Waals surface area (Å²) >= 11 is 1.34. The number of amides is 1. The largest absolute Gasteiger partial charge is 0.497 e. The maximum Gasteiger partial charge on any atom is 0.230 e. The average Bonchev–Trinajstić information content (AvgIpc) is 3.33. The fourth-order valence-electron chi connectivity index (χ4n) is 2.72. The minimum absolute atomic E-state index is 0.0322. The molecule has 1 N–H and O–H groups in total. The summed E-state index contributed by atoms with van der Waals surface area (Å²) in [7, 11) is 1.64. The van der Waals surface area contributed by atoms with Crippen LogP contribution in [0.3, 0.4) is 0 Å². The average molecular weight is 377 g/mol. The van der Waals surface area contributed by atoms with Crippen LogP contribution in [-0.4, -0.2) is 58.2 Å². The molecular formula is C17H23N5O3S. The van der Waals surface area contributed by atoms with Crippen LogP contribution in [0.4, 0.5) is 0 Å². The van der Waals surface area contributed by atoms with Crippen molar-refractivity contribution in [3.8, 4) is 5.75 Å². The summed E-state index contributed by atoms with van der Waals surface area (Å²) in [4.78, 5) is 12.0. The van der Waals surface area contributed by atoms with Crippen molar-refractivity contribution >= 4 is 17.7 Å². The van der Waals surface area contributed by atoms with Gasteiger partial charge in [0.25, 0.3) is 0 Å². The Morgan fingerprint density at radius 3 is 3.00 bits per heavy atom. The van der Waals surface area contributed by atoms with Crippen molar-refractivity contribution in [2.24, 2.45) is 0 Å². The highest BCUT2D eigenvalue weighted by Crippen LogP contribution is 2.18. The zero-order valence-corrected chi connectivity index (χ0v) is 15.6. The first kappa shape index (κ1) is 18.7. The second kappa shape index (κ2) is 9.54. The number of ether oxygens (including phenoxy) is 2. The number of hydrogen-bond donors (Lipinski definition) is 1. The van der Waals surface area contributed by atoms with Crippen LogP contribution in [0.25, 0.3) is 0 Å². The summed E-state index contributed by atoms with van der Waals surface area (Å²) in [6, 6.07) is 7.83. The first-order valence-electron chi connectivity index (χ1n) is 8.65. The van der Waals surface area contributed by atoms with E-state index < -0.39 is 0 Å². The maximum atomic E-state index is 12.0. The van der Waals surface area contributed by atoms with Gasteiger partial charge in [-0.15, -0.1) is 5.10 Å². The summed E-state index contributed by atoms with van der Waals surface area (Å²) in [5, 5.41) is 15.2. The van der Waals surface area contributed by atoms with Crippen LogP contribution in [0, 0.1) is 0 Å². The summed E-state index contributed by atoms with van der Waals surface area (Å²) in [6.07, 6.45) is 3.04. The molecule has 1 atom stereocenters. The van der Waals surface area contributed by atoms with Gasteiger partial charge in [0.2, 0.25) is 11.1 Å². The number of tetrazole rings is 1. The van der Waals surface area contributed by atoms with Gasteiger partial charge in [-0.3, -0.25) is 4.79 Å². The van der Waals surface area contributed by atoms with Gasteiger partial charge < -0.3 is 14.8 Å². The number of hydrogen-bond acceptors (Lipinski definition) is 7. The minimum atomic E-state index is -0.0322. The number of nitrogens with one attached hydrogen (secondary N) is 1. The van der Waals surface area contributed by atoms with E-state index >= 15 is 0 Å². The number of carbonyl (C=O) groups excluding carboxylic acids is 1. The van der Waals surface area contributed by atoms with E-state index in [1.165, 1.54) is 11.8 Å². The first-order valence-corrected chi connectivity index (χ1v) is 9.63. The van der Waals surface area contributed by atoms with E-state index in [1.54, 1.807) is 11.8 Å². The molecule has 1 amide bonds. The fourth-order valence-corrected chi connectivity index (χ4v) is 3.43. The molecule has 26 heavy (non-hydrogen) atoms. The molecule has 1 aliphatic heterocycles. The van der Waals surface area contributed by atoms with E-state index in [2.05, 4.69) is 20.8 Å². The fraction of sp³-hybridized carbons (Fsp3) is 0.529. The van der Waals surface area contributed by atoms with Gasteiger partial charge in [0.05, 0.1) is 25.5 Å². The molecule has 2 heterocycles. The van der Waals surface area contributed by atoms with Crippen LogP contribution in [-0.2, 0) is 22.5 Å². The molecule has 2 aromatic rings. The van der Waals surface area contributed by atoms with Crippen molar-refractivity contribution in [3.05, 3.63) is 29.8 Å². The first-order chi connectivity index (χ1) is 12.7. The van der Waals surface area contributed by atoms with Crippen LogP contribution in [0.5, 0.6) is 5.75 Å². The second-order valence-corrected chi connectivity index (χ2v) is 6.96. The molecule has 0 saturated carbocycles. The van der Waals surface area contributed by atoms with Crippen molar-refractivity contribution in [1.29, 1.82) is 0 Å². The van der Waals surface area contributed by atoms with Crippen LogP contribution in [0.1, 0.15) is 18.4 Å². The molecule has 1 aliphatic rings. The predicted molar refractivity (Wildman–Crippen MR) is 97.2 cm³/mol. The van der Waals surface area contributed by atoms with Crippen molar-refractivity contribution < 1.29 is 14.3 Å². The Balaban J connectivity index is 1.38. The summed E-state index contributed by atoms with van der Waals surface area (Å²) in [6.45, 7) is 2.02. The van der Waals surface area contributed by atoms with Gasteiger partial charge in [0, 0.05) is 13.2 Å². The Labute approximate surface area is 156 Å². The molecule has 1 aromatic heterocycles. The van der Waals surface area contributed by atoms with Gasteiger partial charge in [0.15, 0.2) is 0 Å². The molecular weight excluding hydrogens is 354 g/mol. The van der Waals surface area contributed by atoms with E-state index in [0.717, 1.165) is 37.2 Å². The Kier molecular flexibility index (Phi) is 6.84. The standard InChI is InChI=1S/C17H23N5O3S/c1-24-14-6-4-13(5-7-14)8-9-18-16(23)12-26-17-19-20-21-22(17)11-15-3-2-10-25-15/h4-7,15H,2-3,8-12H2,1H3,(H,18,23)/t15-/m0/s1. The Bertz CT molecular complexity index is 701. The van der Waals surface area contributed by atoms with Crippen molar-refractivity contribution in [1.82, 2.24) is 25.5 Å². The molecule has 140 valence electrons. The summed E-state index contributed by atoms with van der Waals surface area (Å²) in [5.41, 5.74) is 1.15. The number of rotatable bonds is 9. The van der Waals surface area contributed by atoms with Gasteiger partial charge >= 0.3 is 0 Å². The number of benzene rings is 1. The Morgan fingerprint density at radius 1 is 1.42 bits per heavy atom. The lowest BCUT2D eigenvalue weighted by Crippen LogP contribution is -2.27. The van der Waals surface area contributed by atoms with E-state index in [1.807, 2.05) is 24.3 Å². The highest BCUT2D eigenvalue weighted by Gasteiger charge is 2.19. The molecule has 1 saturated heterocycles. The molecule has 1 aromatic carbocycles. The number of thioether (sulfide) groups is 1. The minimum Gasteiger partial charge on any atom is -0.497 e. The third-order valence-corrected chi connectivity index (χ3v) is 5.08. The van der Waals surface area contributed by atoms with Crippen LogP contribution >= 0.6 is 11.8 Å². The van der Waals surface area contributed by atoms with E-state index in [4.69, 9.17) is 9.47 Å². The number of carbonyl (C=O) groups is 1. The zero-order chi connectivity index (χ0) is 18.2. The predicted octanol–water partition coefficient (Wildman–Crippen LogP) is 1.31. The number of aromatic nitrogens is 4. The molecule has 8 nitrogen and oxygen atoms in total. The van der Waals surface area contributed by atoms with Gasteiger partial charge in [-0.05, 0) is 47.4 Å². The topological polar surface area (TPSA) is 91.2 Å². The van der Waals surface area contributed by atoms with Crippen LogP contribution < -0.4 is 10.1 Å². The van der Waals surface area contributed by atoms with Gasteiger partial charge in [-0.1, -0.05) is 23.9 Å². The molecule has 0 unspecified atom stereocenters. The van der Waals surface area contributed by atoms with Gasteiger partial charge in [0.1, 0.15) is 5.75 Å². The zero-order valence-electron chi connectivity index (χ0n) is 14.8. The smallest absolute Gasteiger partial charge is 0.230 e. The monoisotopic (exact) mass is 377 g/mol. The maximum absolute atomic E-state index is 12.0. The lowest BCUT2D eigenvalue weighted by atomic mass is 10.1. The quantitative estimate of drug-likeness (QED) is 0.659. The van der Waals surface area contributed by atoms with Crippen molar-refractivity contribution in [2.45, 2.75) is 37.1 Å². The molecule has 9 heteroatoms. The van der Waals surface area contributed by atoms with Gasteiger partial charge in [-0.25, -0.2) is 4.68 Å². The third-order valence-electron chi connectivity index (χ3n) is 4.13. The highest BCUT2D eigenvalue weighted by molar-refractivity contribution is 7.99. The lowest BCUT2D eigenvalue weighted by Gasteiger charge is -2.10. The highest BCUT2D eigenvalue weighted by atomic mass is 32.2. The van der Waals surface area contributed by atoms with Gasteiger partial charge in [-0.2, -0.15) is 0 Å². The Morgan fingerprint density at radius 2 is 2.27 bits per heavy atom. The molecule has 0 radical (unpaired) electrons. The van der Waals surface area contributed by atoms with E-state index in [-0.39, 0.29) is 17.8 Å². The Hall–Kier alpha value is -2.13. The normalized spacial score (nSPS) is 16.6. The van der Waals surface area contributed by atoms with E-state index in [0.29, 0.717) is 18.2 Å². The molecule has 0 bridgehead atoms. The molecule has 3 rings (SSSR count). The molecule has 1 fully saturated rings. The van der Waals surface area contributed by atoms with Crippen molar-refractivity contribution in [2.75, 3.05) is 26.0 Å². The molecule has 0 spiro atoms. The molecule has 0 aliphatic carbocycles. The second-order valence-electron chi connectivity index (χ2n) is 6.02. The number of nitrogens with zero attached hydrogens (tertiary/aromatic N) is 4. The van der Waals surface area contributed by atoms with Crippen LogP contribution in [0.2, 0.25) is 0 Å². The number of methoxy groups -OCH3 is 1. The SMILES string of the molecule is COc1ccc(CCNC(=O)CSc2nnnn2C[C@@H]2CCCO2)cc1. The lowest BCUT2D eigenvalue weighted by molar-refractivity contribution is -0.118. The summed E-state index contributed by atoms with van der Waals surface area (Å²) in [5.74, 6) is 1.08. The van der Waals surface area contributed by atoms with E-state index in [9.17, 15) is 4.79 Å². The third kappa shape index (κ3) is 5.43. The summed E-state index contributed by atoms with van der Waals surface area (Å²) < 4.78 is 12.4. The van der Waals surface area contributed by atoms with Crippen LogP contribution in [0.15, 0.2) is 29.4 Å².